The fraction of sp³-hybridized carbons (Fsp3) is 0.390. The molecule has 0 N–H and O–H groups in total. The van der Waals surface area contributed by atoms with Gasteiger partial charge in [0.25, 0.3) is 11.8 Å². The minimum Gasteiger partial charge on any atom is -0.493 e. The van der Waals surface area contributed by atoms with E-state index >= 15 is 0 Å². The smallest absolute Gasteiger partial charge is 0.260 e. The molecule has 13 nitrogen and oxygen atoms in total. The van der Waals surface area contributed by atoms with E-state index in [0.717, 1.165) is 75.7 Å². The number of nitrogens with zero attached hydrogens (tertiary/aromatic N) is 5. The van der Waals surface area contributed by atoms with E-state index in [2.05, 4.69) is 92.4 Å². The van der Waals surface area contributed by atoms with Gasteiger partial charge in [0.05, 0.1) is 77.3 Å². The molecule has 0 radical (unpaired) electrons. The molecule has 0 spiro atoms. The number of fused-ring (bicyclic) bond motifs is 4. The van der Waals surface area contributed by atoms with Crippen molar-refractivity contribution in [2.75, 3.05) is 78.5 Å². The van der Waals surface area contributed by atoms with Gasteiger partial charge in [0.15, 0.2) is 11.5 Å². The van der Waals surface area contributed by atoms with Crippen molar-refractivity contribution in [1.29, 1.82) is 0 Å². The minimum absolute atomic E-state index is 0.0333. The Bertz CT molecular complexity index is 2860. The van der Waals surface area contributed by atoms with Crippen molar-refractivity contribution in [2.24, 2.45) is 4.99 Å². The maximum absolute atomic E-state index is 14.1. The number of carbonyl (C=O) groups is 2. The number of anilines is 1. The predicted molar refractivity (Wildman–Crippen MR) is 296 cm³/mol. The number of rotatable bonds is 24. The molecular formula is C59H67N5O8S2. The van der Waals surface area contributed by atoms with E-state index in [4.69, 9.17) is 33.4 Å². The normalized spacial score (nSPS) is 16.9. The van der Waals surface area contributed by atoms with Gasteiger partial charge in [0, 0.05) is 79.4 Å². The molecule has 0 saturated carbocycles. The number of aryl methyl sites for hydroxylation is 3. The zero-order chi connectivity index (χ0) is 51.6. The summed E-state index contributed by atoms with van der Waals surface area (Å²) in [6.45, 7) is 13.3. The van der Waals surface area contributed by atoms with E-state index in [1.54, 1.807) is 45.7 Å². The highest BCUT2D eigenvalue weighted by Gasteiger charge is 2.36. The van der Waals surface area contributed by atoms with Gasteiger partial charge in [-0.05, 0) is 134 Å². The van der Waals surface area contributed by atoms with Crippen molar-refractivity contribution in [3.63, 3.8) is 0 Å². The monoisotopic (exact) mass is 1040 g/mol. The molecule has 1 aromatic heterocycles. The number of benzene rings is 4. The number of hydrogen-bond donors (Lipinski definition) is 0. The van der Waals surface area contributed by atoms with E-state index in [9.17, 15) is 9.59 Å². The molecule has 388 valence electrons. The molecule has 0 fully saturated rings. The maximum Gasteiger partial charge on any atom is 0.260 e. The Morgan fingerprint density at radius 2 is 1.42 bits per heavy atom. The summed E-state index contributed by atoms with van der Waals surface area (Å²) in [5.41, 5.74) is 10.5. The molecular weight excluding hydrogens is 971 g/mol. The van der Waals surface area contributed by atoms with Crippen molar-refractivity contribution >= 4 is 62.1 Å². The summed E-state index contributed by atoms with van der Waals surface area (Å²) in [6, 6.07) is 30.4. The van der Waals surface area contributed by atoms with Crippen LogP contribution in [0.2, 0.25) is 0 Å². The van der Waals surface area contributed by atoms with E-state index in [1.165, 1.54) is 11.1 Å². The van der Waals surface area contributed by atoms with Gasteiger partial charge in [0.2, 0.25) is 0 Å². The second kappa shape index (κ2) is 24.5. The SMILES string of the molecule is COc1cc2c(cc1OCCCOc1cc3c(cc1C)C(=O)N1C=C(c4ccc(N(C)CCOCCOCCOCC(C)(C)SSc5ccccn5)cc4)C[C@H]1CC3)N=C[C@@H]1CC(c3ccc(C)cc3)=CN1C2=O. The van der Waals surface area contributed by atoms with Crippen molar-refractivity contribution in [1.82, 2.24) is 14.8 Å². The van der Waals surface area contributed by atoms with E-state index in [0.29, 0.717) is 88.4 Å². The molecule has 4 aliphatic rings. The van der Waals surface area contributed by atoms with Gasteiger partial charge in [-0.1, -0.05) is 58.8 Å². The zero-order valence-electron chi connectivity index (χ0n) is 43.3. The largest absolute Gasteiger partial charge is 0.493 e. The number of pyridine rings is 1. The summed E-state index contributed by atoms with van der Waals surface area (Å²) in [5.74, 6) is 1.68. The Balaban J connectivity index is 0.691. The Hall–Kier alpha value is -6.10. The molecule has 4 aromatic carbocycles. The molecule has 4 aliphatic heterocycles. The van der Waals surface area contributed by atoms with Crippen LogP contribution >= 0.6 is 21.6 Å². The number of amides is 2. The summed E-state index contributed by atoms with van der Waals surface area (Å²) in [7, 11) is 7.07. The van der Waals surface area contributed by atoms with Gasteiger partial charge in [0.1, 0.15) is 10.8 Å². The van der Waals surface area contributed by atoms with Gasteiger partial charge in [-0.25, -0.2) is 4.98 Å². The third-order valence-electron chi connectivity index (χ3n) is 13.6. The van der Waals surface area contributed by atoms with Crippen LogP contribution in [0, 0.1) is 13.8 Å². The molecule has 0 aliphatic carbocycles. The van der Waals surface area contributed by atoms with Crippen molar-refractivity contribution in [3.8, 4) is 17.2 Å². The standard InChI is InChI=1S/C59H67N5O8S2/c1-40-11-13-42(14-12-40)46-32-49-36-61-52-35-55(54(67-6)34-51(52)58(66)64(49)38-46)72-24-9-23-71-53-33-44-17-20-48-31-45(37-63(48)57(65)50(44)30-41(53)2)43-15-18-47(19-16-43)62(5)22-25-68-26-27-69-28-29-70-39-59(3,4)74-73-56-10-7-8-21-60-56/h7-8,10-16,18-19,21,30,33-38,48-49H,9,17,20,22-29,31-32,39H2,1-6H3/t48-,49+/m1/s1. The first kappa shape index (κ1) is 52.8. The summed E-state index contributed by atoms with van der Waals surface area (Å²) in [4.78, 5) is 42.9. The Kier molecular flexibility index (Phi) is 17.5. The molecule has 5 heterocycles. The molecule has 0 unspecified atom stereocenters. The van der Waals surface area contributed by atoms with Gasteiger partial charge in [-0.2, -0.15) is 0 Å². The summed E-state index contributed by atoms with van der Waals surface area (Å²) in [5, 5.41) is 0.996. The second-order valence-electron chi connectivity index (χ2n) is 19.7. The summed E-state index contributed by atoms with van der Waals surface area (Å²) in [6.07, 6.45) is 11.4. The zero-order valence-corrected chi connectivity index (χ0v) is 45.0. The number of aliphatic imine (C=N–C) groups is 1. The fourth-order valence-corrected chi connectivity index (χ4v) is 11.5. The van der Waals surface area contributed by atoms with Crippen molar-refractivity contribution in [3.05, 3.63) is 149 Å². The molecule has 74 heavy (non-hydrogen) atoms. The fourth-order valence-electron chi connectivity index (χ4n) is 9.45. The van der Waals surface area contributed by atoms with Crippen LogP contribution in [0.5, 0.6) is 17.2 Å². The van der Waals surface area contributed by atoms with Crippen LogP contribution in [0.15, 0.2) is 120 Å². The average molecular weight is 1040 g/mol. The summed E-state index contributed by atoms with van der Waals surface area (Å²) >= 11 is 0. The van der Waals surface area contributed by atoms with E-state index < -0.39 is 0 Å². The van der Waals surface area contributed by atoms with Crippen LogP contribution in [0.3, 0.4) is 0 Å². The topological polar surface area (TPSA) is 124 Å². The third-order valence-corrected chi connectivity index (χ3v) is 16.8. The van der Waals surface area contributed by atoms with E-state index in [-0.39, 0.29) is 28.6 Å². The van der Waals surface area contributed by atoms with Crippen LogP contribution < -0.4 is 19.1 Å². The molecule has 9 rings (SSSR count). The highest BCUT2D eigenvalue weighted by molar-refractivity contribution is 8.77. The molecule has 0 saturated heterocycles. The Labute approximate surface area is 443 Å². The van der Waals surface area contributed by atoms with Crippen LogP contribution in [0.4, 0.5) is 11.4 Å². The third kappa shape index (κ3) is 13.0. The van der Waals surface area contributed by atoms with Crippen LogP contribution in [0.25, 0.3) is 11.1 Å². The second-order valence-corrected chi connectivity index (χ2v) is 22.6. The number of hydrogen-bond acceptors (Lipinski definition) is 13. The van der Waals surface area contributed by atoms with Gasteiger partial charge < -0.3 is 43.1 Å². The number of methoxy groups -OCH3 is 1. The number of ether oxygens (including phenoxy) is 6. The predicted octanol–water partition coefficient (Wildman–Crippen LogP) is 11.4. The molecule has 0 bridgehead atoms. The molecule has 2 atom stereocenters. The molecule has 15 heteroatoms. The van der Waals surface area contributed by atoms with Gasteiger partial charge >= 0.3 is 0 Å². The number of carbonyl (C=O) groups excluding carboxylic acids is 2. The summed E-state index contributed by atoms with van der Waals surface area (Å²) < 4.78 is 35.6. The lowest BCUT2D eigenvalue weighted by Crippen LogP contribution is -2.32. The quantitative estimate of drug-likeness (QED) is 0.0432. The first-order valence-corrected chi connectivity index (χ1v) is 27.7. The first-order chi connectivity index (χ1) is 35.9. The van der Waals surface area contributed by atoms with Gasteiger partial charge in [-0.3, -0.25) is 14.6 Å². The number of likely N-dealkylation sites (N-methyl/N-ethyl adjacent to an activating group) is 1. The van der Waals surface area contributed by atoms with Crippen LogP contribution in [0.1, 0.15) is 88.1 Å². The van der Waals surface area contributed by atoms with Crippen LogP contribution in [-0.2, 0) is 20.6 Å². The van der Waals surface area contributed by atoms with Crippen molar-refractivity contribution < 1.29 is 38.0 Å². The molecule has 2 amide bonds. The Morgan fingerprint density at radius 1 is 0.730 bits per heavy atom. The lowest BCUT2D eigenvalue weighted by atomic mass is 9.96. The minimum atomic E-state index is -0.163. The lowest BCUT2D eigenvalue weighted by Gasteiger charge is -2.22. The maximum atomic E-state index is 14.1. The van der Waals surface area contributed by atoms with Crippen LogP contribution in [-0.4, -0.2) is 123 Å². The first-order valence-electron chi connectivity index (χ1n) is 25.5. The number of aromatic nitrogens is 1. The lowest BCUT2D eigenvalue weighted by molar-refractivity contribution is 0.0131. The average Bonchev–Trinajstić information content (AvgIpc) is 4.00. The molecule has 5 aromatic rings. The highest BCUT2D eigenvalue weighted by atomic mass is 33.1. The highest BCUT2D eigenvalue weighted by Crippen LogP contribution is 2.42. The van der Waals surface area contributed by atoms with Gasteiger partial charge in [-0.15, -0.1) is 0 Å². The Morgan fingerprint density at radius 3 is 2.16 bits per heavy atom. The van der Waals surface area contributed by atoms with E-state index in [1.807, 2.05) is 60.8 Å². The van der Waals surface area contributed by atoms with Crippen molar-refractivity contribution in [2.45, 2.75) is 81.7 Å².